The van der Waals surface area contributed by atoms with Crippen LogP contribution >= 0.6 is 0 Å². The molecule has 2 saturated heterocycles. The Morgan fingerprint density at radius 1 is 1.14 bits per heavy atom. The first kappa shape index (κ1) is 15.0. The number of piperidine rings is 1. The van der Waals surface area contributed by atoms with E-state index < -0.39 is 0 Å². The van der Waals surface area contributed by atoms with Crippen molar-refractivity contribution >= 4 is 11.8 Å². The van der Waals surface area contributed by atoms with Crippen LogP contribution in [-0.2, 0) is 9.59 Å². The van der Waals surface area contributed by atoms with E-state index in [0.717, 1.165) is 25.9 Å². The molecule has 5 heteroatoms. The van der Waals surface area contributed by atoms with Crippen molar-refractivity contribution in [3.05, 3.63) is 35.9 Å². The molecule has 0 radical (unpaired) electrons. The summed E-state index contributed by atoms with van der Waals surface area (Å²) in [6.07, 6.45) is 2.19. The van der Waals surface area contributed by atoms with Gasteiger partial charge in [0.1, 0.15) is 0 Å². The van der Waals surface area contributed by atoms with E-state index in [0.29, 0.717) is 25.6 Å². The molecule has 0 atom stereocenters. The fraction of sp³-hybridized carbons (Fsp3) is 0.529. The highest BCUT2D eigenvalue weighted by Gasteiger charge is 2.25. The molecule has 22 heavy (non-hydrogen) atoms. The molecule has 2 amide bonds. The van der Waals surface area contributed by atoms with E-state index in [2.05, 4.69) is 34.5 Å². The first-order valence-corrected chi connectivity index (χ1v) is 8.04. The van der Waals surface area contributed by atoms with Crippen molar-refractivity contribution in [3.8, 4) is 0 Å². The lowest BCUT2D eigenvalue weighted by molar-refractivity contribution is -0.139. The van der Waals surface area contributed by atoms with Crippen LogP contribution in [0.5, 0.6) is 0 Å². The van der Waals surface area contributed by atoms with Gasteiger partial charge in [-0.2, -0.15) is 0 Å². The number of nitrogens with zero attached hydrogens (tertiary/aromatic N) is 2. The fourth-order valence-corrected chi connectivity index (χ4v) is 3.29. The van der Waals surface area contributed by atoms with Crippen molar-refractivity contribution in [1.82, 2.24) is 15.1 Å². The average molecular weight is 301 g/mol. The molecular weight excluding hydrogens is 278 g/mol. The maximum absolute atomic E-state index is 12.3. The van der Waals surface area contributed by atoms with Gasteiger partial charge in [0.2, 0.25) is 11.8 Å². The molecule has 2 aliphatic heterocycles. The highest BCUT2D eigenvalue weighted by Crippen LogP contribution is 2.27. The van der Waals surface area contributed by atoms with E-state index in [1.54, 1.807) is 4.90 Å². The number of piperazine rings is 1. The highest BCUT2D eigenvalue weighted by molar-refractivity contribution is 5.86. The van der Waals surface area contributed by atoms with E-state index in [-0.39, 0.29) is 18.4 Å². The first-order valence-electron chi connectivity index (χ1n) is 8.04. The predicted octanol–water partition coefficient (Wildman–Crippen LogP) is 0.824. The molecule has 0 unspecified atom stereocenters. The van der Waals surface area contributed by atoms with Crippen LogP contribution in [0, 0.1) is 0 Å². The van der Waals surface area contributed by atoms with Gasteiger partial charge in [-0.1, -0.05) is 30.3 Å². The van der Waals surface area contributed by atoms with Gasteiger partial charge in [0.25, 0.3) is 0 Å². The minimum atomic E-state index is -0.0533. The van der Waals surface area contributed by atoms with Crippen molar-refractivity contribution in [1.29, 1.82) is 0 Å². The molecule has 2 aliphatic rings. The minimum absolute atomic E-state index is 0.0533. The van der Waals surface area contributed by atoms with Crippen LogP contribution in [0.25, 0.3) is 0 Å². The van der Waals surface area contributed by atoms with Crippen molar-refractivity contribution in [2.24, 2.45) is 0 Å². The van der Waals surface area contributed by atoms with Crippen LogP contribution in [0.4, 0.5) is 0 Å². The standard InChI is InChI=1S/C17H23N3O2/c21-16-12-20(11-8-18-16)17(22)13-19-9-6-15(7-10-19)14-4-2-1-3-5-14/h1-5,15H,6-13H2,(H,18,21). The summed E-state index contributed by atoms with van der Waals surface area (Å²) in [5, 5.41) is 2.75. The average Bonchev–Trinajstić information content (AvgIpc) is 2.56. The summed E-state index contributed by atoms with van der Waals surface area (Å²) in [6.45, 7) is 3.75. The quantitative estimate of drug-likeness (QED) is 0.899. The van der Waals surface area contributed by atoms with Crippen LogP contribution in [0.15, 0.2) is 30.3 Å². The highest BCUT2D eigenvalue weighted by atomic mass is 16.2. The maximum atomic E-state index is 12.3. The molecule has 1 aromatic rings. The summed E-state index contributed by atoms with van der Waals surface area (Å²) in [5.41, 5.74) is 1.40. The van der Waals surface area contributed by atoms with Crippen molar-refractivity contribution in [2.75, 3.05) is 39.3 Å². The number of hydrogen-bond acceptors (Lipinski definition) is 3. The lowest BCUT2D eigenvalue weighted by Crippen LogP contribution is -2.52. The number of nitrogens with one attached hydrogen (secondary N) is 1. The van der Waals surface area contributed by atoms with Gasteiger partial charge in [-0.3, -0.25) is 14.5 Å². The van der Waals surface area contributed by atoms with Crippen molar-refractivity contribution in [3.63, 3.8) is 0 Å². The van der Waals surface area contributed by atoms with Crippen LogP contribution in [0.2, 0.25) is 0 Å². The number of benzene rings is 1. The van der Waals surface area contributed by atoms with Gasteiger partial charge in [0.05, 0.1) is 13.1 Å². The van der Waals surface area contributed by atoms with Gasteiger partial charge in [0.15, 0.2) is 0 Å². The van der Waals surface area contributed by atoms with Gasteiger partial charge < -0.3 is 10.2 Å². The lowest BCUT2D eigenvalue weighted by Gasteiger charge is -2.34. The molecule has 1 N–H and O–H groups in total. The Morgan fingerprint density at radius 3 is 2.55 bits per heavy atom. The summed E-state index contributed by atoms with van der Waals surface area (Å²) in [7, 11) is 0. The summed E-state index contributed by atoms with van der Waals surface area (Å²) in [6, 6.07) is 10.6. The third-order valence-electron chi connectivity index (χ3n) is 4.61. The minimum Gasteiger partial charge on any atom is -0.353 e. The third kappa shape index (κ3) is 3.65. The third-order valence-corrected chi connectivity index (χ3v) is 4.61. The van der Waals surface area contributed by atoms with E-state index in [9.17, 15) is 9.59 Å². The van der Waals surface area contributed by atoms with E-state index in [1.165, 1.54) is 5.56 Å². The van der Waals surface area contributed by atoms with Crippen molar-refractivity contribution in [2.45, 2.75) is 18.8 Å². The number of carbonyl (C=O) groups is 2. The predicted molar refractivity (Wildman–Crippen MR) is 84.4 cm³/mol. The number of rotatable bonds is 3. The Morgan fingerprint density at radius 2 is 1.86 bits per heavy atom. The van der Waals surface area contributed by atoms with Crippen LogP contribution in [0.3, 0.4) is 0 Å². The largest absolute Gasteiger partial charge is 0.353 e. The first-order chi connectivity index (χ1) is 10.7. The van der Waals surface area contributed by atoms with Crippen LogP contribution in [-0.4, -0.2) is 60.9 Å². The molecule has 0 saturated carbocycles. The molecule has 118 valence electrons. The Labute approximate surface area is 131 Å². The van der Waals surface area contributed by atoms with E-state index in [1.807, 2.05) is 6.07 Å². The monoisotopic (exact) mass is 301 g/mol. The smallest absolute Gasteiger partial charge is 0.239 e. The zero-order valence-electron chi connectivity index (χ0n) is 12.8. The van der Waals surface area contributed by atoms with Gasteiger partial charge >= 0.3 is 0 Å². The Balaban J connectivity index is 1.47. The van der Waals surface area contributed by atoms with Gasteiger partial charge in [0, 0.05) is 13.1 Å². The summed E-state index contributed by atoms with van der Waals surface area (Å²) < 4.78 is 0. The molecular formula is C17H23N3O2. The molecule has 0 aliphatic carbocycles. The van der Waals surface area contributed by atoms with Crippen LogP contribution < -0.4 is 5.32 Å². The summed E-state index contributed by atoms with van der Waals surface area (Å²) in [4.78, 5) is 27.5. The number of carbonyl (C=O) groups excluding carboxylic acids is 2. The second kappa shape index (κ2) is 6.92. The van der Waals surface area contributed by atoms with E-state index >= 15 is 0 Å². The number of amides is 2. The molecule has 0 aromatic heterocycles. The fourth-order valence-electron chi connectivity index (χ4n) is 3.29. The van der Waals surface area contributed by atoms with Gasteiger partial charge in [-0.25, -0.2) is 0 Å². The summed E-state index contributed by atoms with van der Waals surface area (Å²) >= 11 is 0. The molecule has 2 heterocycles. The zero-order chi connectivity index (χ0) is 15.4. The molecule has 2 fully saturated rings. The molecule has 1 aromatic carbocycles. The topological polar surface area (TPSA) is 52.7 Å². The normalized spacial score (nSPS) is 20.7. The maximum Gasteiger partial charge on any atom is 0.239 e. The van der Waals surface area contributed by atoms with Gasteiger partial charge in [-0.15, -0.1) is 0 Å². The zero-order valence-corrected chi connectivity index (χ0v) is 12.8. The Hall–Kier alpha value is -1.88. The number of hydrogen-bond donors (Lipinski definition) is 1. The lowest BCUT2D eigenvalue weighted by atomic mass is 9.89. The van der Waals surface area contributed by atoms with Crippen LogP contribution in [0.1, 0.15) is 24.3 Å². The molecule has 5 nitrogen and oxygen atoms in total. The summed E-state index contributed by atoms with van der Waals surface area (Å²) in [5.74, 6) is 0.628. The SMILES string of the molecule is O=C1CN(C(=O)CN2CCC(c3ccccc3)CC2)CCN1. The molecule has 0 spiro atoms. The van der Waals surface area contributed by atoms with Gasteiger partial charge in [-0.05, 0) is 37.4 Å². The van der Waals surface area contributed by atoms with Crippen molar-refractivity contribution < 1.29 is 9.59 Å². The second-order valence-electron chi connectivity index (χ2n) is 6.13. The Kier molecular flexibility index (Phi) is 4.73. The van der Waals surface area contributed by atoms with E-state index in [4.69, 9.17) is 0 Å². The Bertz CT molecular complexity index is 524. The second-order valence-corrected chi connectivity index (χ2v) is 6.13. The molecule has 3 rings (SSSR count). The number of likely N-dealkylation sites (tertiary alicyclic amines) is 1. The molecule has 0 bridgehead atoms.